The summed E-state index contributed by atoms with van der Waals surface area (Å²) in [5.74, 6) is 1.42. The van der Waals surface area contributed by atoms with Gasteiger partial charge in [-0.2, -0.15) is 0 Å². The molecule has 2 N–H and O–H groups in total. The Labute approximate surface area is 89.8 Å². The van der Waals surface area contributed by atoms with E-state index in [0.29, 0.717) is 5.92 Å². The van der Waals surface area contributed by atoms with Crippen molar-refractivity contribution < 1.29 is 4.42 Å². The van der Waals surface area contributed by atoms with E-state index in [-0.39, 0.29) is 5.54 Å². The molecule has 15 heavy (non-hydrogen) atoms. The highest BCUT2D eigenvalue weighted by molar-refractivity contribution is 5.50. The largest absolute Gasteiger partial charge is 0.461 e. The van der Waals surface area contributed by atoms with Crippen molar-refractivity contribution in [3.63, 3.8) is 0 Å². The second-order valence-corrected chi connectivity index (χ2v) is 4.66. The molecule has 1 heterocycles. The van der Waals surface area contributed by atoms with Crippen LogP contribution in [0.4, 0.5) is 0 Å². The Morgan fingerprint density at radius 1 is 1.40 bits per heavy atom. The SMILES string of the molecule is CC(C)c1cc2c(o1)=CC=CC(C)(N)C=2. The molecular weight excluding hydrogens is 186 g/mol. The van der Waals surface area contributed by atoms with Crippen LogP contribution in [0.3, 0.4) is 0 Å². The highest BCUT2D eigenvalue weighted by Gasteiger charge is 2.13. The van der Waals surface area contributed by atoms with Gasteiger partial charge in [0.2, 0.25) is 0 Å². The lowest BCUT2D eigenvalue weighted by Gasteiger charge is -2.12. The predicted octanol–water partition coefficient (Wildman–Crippen LogP) is 1.25. The van der Waals surface area contributed by atoms with Crippen molar-refractivity contribution in [2.45, 2.75) is 32.2 Å². The van der Waals surface area contributed by atoms with Gasteiger partial charge in [-0.1, -0.05) is 32.1 Å². The molecule has 1 aromatic heterocycles. The van der Waals surface area contributed by atoms with E-state index in [1.54, 1.807) is 0 Å². The summed E-state index contributed by atoms with van der Waals surface area (Å²) >= 11 is 0. The topological polar surface area (TPSA) is 39.2 Å². The van der Waals surface area contributed by atoms with Crippen LogP contribution in [0.2, 0.25) is 0 Å². The molecule has 1 aliphatic carbocycles. The van der Waals surface area contributed by atoms with E-state index in [1.807, 2.05) is 31.2 Å². The van der Waals surface area contributed by atoms with Crippen LogP contribution in [0.1, 0.15) is 32.4 Å². The minimum atomic E-state index is -0.389. The van der Waals surface area contributed by atoms with Crippen LogP contribution in [0, 0.1) is 0 Å². The number of fused-ring (bicyclic) bond motifs is 1. The summed E-state index contributed by atoms with van der Waals surface area (Å²) in [5.41, 5.74) is 6.59. The number of allylic oxidation sites excluding steroid dienone is 1. The lowest BCUT2D eigenvalue weighted by molar-refractivity contribution is 0.461. The third-order valence-corrected chi connectivity index (χ3v) is 2.55. The zero-order chi connectivity index (χ0) is 11.1. The van der Waals surface area contributed by atoms with Crippen molar-refractivity contribution in [2.75, 3.05) is 0 Å². The third kappa shape index (κ3) is 2.05. The molecule has 0 bridgehead atoms. The lowest BCUT2D eigenvalue weighted by Crippen LogP contribution is -2.34. The summed E-state index contributed by atoms with van der Waals surface area (Å²) < 4.78 is 5.75. The molecule has 1 unspecified atom stereocenters. The number of hydrogen-bond acceptors (Lipinski definition) is 2. The van der Waals surface area contributed by atoms with E-state index in [1.165, 1.54) is 0 Å². The minimum absolute atomic E-state index is 0.389. The maximum atomic E-state index is 6.07. The average molecular weight is 203 g/mol. The van der Waals surface area contributed by atoms with E-state index in [2.05, 4.69) is 19.9 Å². The Balaban J connectivity index is 2.65. The first-order valence-electron chi connectivity index (χ1n) is 5.29. The Hall–Kier alpha value is -1.28. The van der Waals surface area contributed by atoms with Gasteiger partial charge in [0.1, 0.15) is 11.2 Å². The fraction of sp³-hybridized carbons (Fsp3) is 0.385. The first-order valence-corrected chi connectivity index (χ1v) is 5.29. The van der Waals surface area contributed by atoms with Crippen LogP contribution < -0.4 is 16.4 Å². The normalized spacial score (nSPS) is 24.3. The summed E-state index contributed by atoms with van der Waals surface area (Å²) in [6.07, 6.45) is 7.93. The highest BCUT2D eigenvalue weighted by Crippen LogP contribution is 2.11. The van der Waals surface area contributed by atoms with E-state index < -0.39 is 0 Å². The number of nitrogens with two attached hydrogens (primary N) is 1. The quantitative estimate of drug-likeness (QED) is 0.746. The monoisotopic (exact) mass is 203 g/mol. The molecule has 0 aromatic carbocycles. The van der Waals surface area contributed by atoms with Crippen molar-refractivity contribution in [1.29, 1.82) is 0 Å². The molecule has 0 amide bonds. The summed E-state index contributed by atoms with van der Waals surface area (Å²) in [7, 11) is 0. The molecule has 80 valence electrons. The fourth-order valence-electron chi connectivity index (χ4n) is 1.69. The van der Waals surface area contributed by atoms with E-state index in [0.717, 1.165) is 16.4 Å². The number of hydrogen-bond donors (Lipinski definition) is 1. The molecule has 0 saturated carbocycles. The average Bonchev–Trinajstić information content (AvgIpc) is 2.42. The van der Waals surface area contributed by atoms with Gasteiger partial charge in [-0.3, -0.25) is 0 Å². The van der Waals surface area contributed by atoms with Gasteiger partial charge in [0.15, 0.2) is 0 Å². The smallest absolute Gasteiger partial charge is 0.134 e. The van der Waals surface area contributed by atoms with Crippen molar-refractivity contribution >= 4 is 12.2 Å². The van der Waals surface area contributed by atoms with E-state index in [9.17, 15) is 0 Å². The summed E-state index contributed by atoms with van der Waals surface area (Å²) in [4.78, 5) is 0. The van der Waals surface area contributed by atoms with Crippen LogP contribution >= 0.6 is 0 Å². The maximum absolute atomic E-state index is 6.07. The van der Waals surface area contributed by atoms with Crippen LogP contribution in [0.25, 0.3) is 12.2 Å². The first kappa shape index (κ1) is 10.2. The molecule has 0 saturated heterocycles. The van der Waals surface area contributed by atoms with Crippen molar-refractivity contribution in [3.8, 4) is 0 Å². The Kier molecular flexibility index (Phi) is 2.31. The highest BCUT2D eigenvalue weighted by atomic mass is 16.3. The van der Waals surface area contributed by atoms with Gasteiger partial charge in [-0.15, -0.1) is 0 Å². The molecule has 0 radical (unpaired) electrons. The first-order chi connectivity index (χ1) is 6.98. The summed E-state index contributed by atoms with van der Waals surface area (Å²) in [5, 5.41) is 1.09. The number of furan rings is 1. The van der Waals surface area contributed by atoms with E-state index in [4.69, 9.17) is 10.2 Å². The van der Waals surface area contributed by atoms with Gasteiger partial charge in [0.05, 0.1) is 5.54 Å². The van der Waals surface area contributed by atoms with Gasteiger partial charge >= 0.3 is 0 Å². The summed E-state index contributed by atoms with van der Waals surface area (Å²) in [6, 6.07) is 2.08. The minimum Gasteiger partial charge on any atom is -0.461 e. The van der Waals surface area contributed by atoms with Gasteiger partial charge in [0.25, 0.3) is 0 Å². The van der Waals surface area contributed by atoms with Crippen LogP contribution in [-0.2, 0) is 0 Å². The Morgan fingerprint density at radius 2 is 2.13 bits per heavy atom. The zero-order valence-corrected chi connectivity index (χ0v) is 9.45. The molecular formula is C13H17NO. The van der Waals surface area contributed by atoms with Crippen molar-refractivity contribution in [2.24, 2.45) is 5.73 Å². The second kappa shape index (κ2) is 3.38. The molecule has 2 nitrogen and oxygen atoms in total. The maximum Gasteiger partial charge on any atom is 0.134 e. The zero-order valence-electron chi connectivity index (χ0n) is 9.45. The molecule has 0 fully saturated rings. The summed E-state index contributed by atoms with van der Waals surface area (Å²) in [6.45, 7) is 6.22. The van der Waals surface area contributed by atoms with Gasteiger partial charge in [-0.05, 0) is 19.1 Å². The van der Waals surface area contributed by atoms with E-state index >= 15 is 0 Å². The van der Waals surface area contributed by atoms with Crippen LogP contribution in [-0.4, -0.2) is 5.54 Å². The van der Waals surface area contributed by atoms with Crippen LogP contribution in [0.5, 0.6) is 0 Å². The number of rotatable bonds is 1. The van der Waals surface area contributed by atoms with Crippen molar-refractivity contribution in [3.05, 3.63) is 34.6 Å². The predicted molar refractivity (Wildman–Crippen MR) is 62.7 cm³/mol. The van der Waals surface area contributed by atoms with Gasteiger partial charge < -0.3 is 10.2 Å². The second-order valence-electron chi connectivity index (χ2n) is 4.66. The van der Waals surface area contributed by atoms with Gasteiger partial charge in [0, 0.05) is 11.1 Å². The molecule has 1 aromatic rings. The van der Waals surface area contributed by atoms with Crippen molar-refractivity contribution in [1.82, 2.24) is 0 Å². The molecule has 0 aliphatic heterocycles. The molecule has 2 rings (SSSR count). The lowest BCUT2D eigenvalue weighted by atomic mass is 10.0. The molecule has 1 aliphatic rings. The fourth-order valence-corrected chi connectivity index (χ4v) is 1.69. The standard InChI is InChI=1S/C13H17NO/c1-9(2)12-7-10-8-13(3,14)6-4-5-11(10)15-12/h4-9H,14H2,1-3H3. The molecule has 0 spiro atoms. The van der Waals surface area contributed by atoms with Gasteiger partial charge in [-0.25, -0.2) is 0 Å². The third-order valence-electron chi connectivity index (χ3n) is 2.55. The van der Waals surface area contributed by atoms with Crippen LogP contribution in [0.15, 0.2) is 22.6 Å². The molecule has 1 atom stereocenters. The Morgan fingerprint density at radius 3 is 2.80 bits per heavy atom. The molecule has 2 heteroatoms. The Bertz CT molecular complexity index is 503.